The lowest BCUT2D eigenvalue weighted by atomic mass is 10.1. The van der Waals surface area contributed by atoms with Gasteiger partial charge in [-0.1, -0.05) is 12.1 Å². The summed E-state index contributed by atoms with van der Waals surface area (Å²) < 4.78 is 10.2. The molecule has 1 aliphatic heterocycles. The van der Waals surface area contributed by atoms with Crippen LogP contribution >= 0.6 is 0 Å². The van der Waals surface area contributed by atoms with Crippen molar-refractivity contribution in [2.24, 2.45) is 0 Å². The average molecular weight is 320 g/mol. The molecule has 7 nitrogen and oxygen atoms in total. The predicted molar refractivity (Wildman–Crippen MR) is 82.8 cm³/mol. The van der Waals surface area contributed by atoms with E-state index >= 15 is 0 Å². The first-order valence-corrected chi connectivity index (χ1v) is 7.42. The molecule has 1 saturated heterocycles. The van der Waals surface area contributed by atoms with E-state index in [0.717, 1.165) is 5.56 Å². The highest BCUT2D eigenvalue weighted by Crippen LogP contribution is 2.10. The van der Waals surface area contributed by atoms with Crippen LogP contribution in [0.25, 0.3) is 0 Å². The lowest BCUT2D eigenvalue weighted by Gasteiger charge is -2.26. The number of hydrogen-bond acceptors (Lipinski definition) is 5. The third-order valence-electron chi connectivity index (χ3n) is 3.34. The summed E-state index contributed by atoms with van der Waals surface area (Å²) in [5.74, 6) is -0.819. The summed E-state index contributed by atoms with van der Waals surface area (Å²) >= 11 is 0. The molecule has 23 heavy (non-hydrogen) atoms. The SMILES string of the molecule is CC(=O)Nc1ccc(CC(=O)OCC(=O)N2CCOCC2)cc1. The Morgan fingerprint density at radius 2 is 1.83 bits per heavy atom. The average Bonchev–Trinajstić information content (AvgIpc) is 2.55. The van der Waals surface area contributed by atoms with E-state index in [-0.39, 0.29) is 24.8 Å². The van der Waals surface area contributed by atoms with Crippen LogP contribution in [-0.4, -0.2) is 55.6 Å². The van der Waals surface area contributed by atoms with Crippen LogP contribution in [0.1, 0.15) is 12.5 Å². The van der Waals surface area contributed by atoms with Gasteiger partial charge < -0.3 is 19.7 Å². The van der Waals surface area contributed by atoms with Crippen molar-refractivity contribution in [2.45, 2.75) is 13.3 Å². The van der Waals surface area contributed by atoms with E-state index in [0.29, 0.717) is 32.0 Å². The van der Waals surface area contributed by atoms with Gasteiger partial charge in [-0.25, -0.2) is 0 Å². The van der Waals surface area contributed by atoms with Crippen LogP contribution in [0.4, 0.5) is 5.69 Å². The number of amides is 2. The van der Waals surface area contributed by atoms with Gasteiger partial charge in [-0.05, 0) is 17.7 Å². The molecule has 1 aliphatic rings. The van der Waals surface area contributed by atoms with Crippen LogP contribution in [0.15, 0.2) is 24.3 Å². The summed E-state index contributed by atoms with van der Waals surface area (Å²) in [4.78, 5) is 36.2. The second-order valence-electron chi connectivity index (χ2n) is 5.21. The molecular weight excluding hydrogens is 300 g/mol. The third-order valence-corrected chi connectivity index (χ3v) is 3.34. The zero-order chi connectivity index (χ0) is 16.7. The van der Waals surface area contributed by atoms with Gasteiger partial charge in [-0.3, -0.25) is 14.4 Å². The van der Waals surface area contributed by atoms with Gasteiger partial charge in [0, 0.05) is 25.7 Å². The Hall–Kier alpha value is -2.41. The number of anilines is 1. The zero-order valence-corrected chi connectivity index (χ0v) is 13.0. The van der Waals surface area contributed by atoms with Crippen molar-refractivity contribution in [1.29, 1.82) is 0 Å². The fourth-order valence-electron chi connectivity index (χ4n) is 2.17. The molecular formula is C16H20N2O5. The van der Waals surface area contributed by atoms with Crippen LogP contribution < -0.4 is 5.32 Å². The van der Waals surface area contributed by atoms with Crippen molar-refractivity contribution in [1.82, 2.24) is 4.90 Å². The van der Waals surface area contributed by atoms with E-state index in [1.165, 1.54) is 6.92 Å². The Balaban J connectivity index is 1.75. The van der Waals surface area contributed by atoms with E-state index in [1.54, 1.807) is 29.2 Å². The minimum atomic E-state index is -0.459. The zero-order valence-electron chi connectivity index (χ0n) is 13.0. The smallest absolute Gasteiger partial charge is 0.310 e. The lowest BCUT2D eigenvalue weighted by Crippen LogP contribution is -2.42. The molecule has 1 fully saturated rings. The van der Waals surface area contributed by atoms with Crippen molar-refractivity contribution < 1.29 is 23.9 Å². The van der Waals surface area contributed by atoms with Gasteiger partial charge >= 0.3 is 5.97 Å². The molecule has 1 heterocycles. The van der Waals surface area contributed by atoms with Crippen LogP contribution in [-0.2, 0) is 30.3 Å². The molecule has 0 unspecified atom stereocenters. The molecule has 0 saturated carbocycles. The van der Waals surface area contributed by atoms with Crippen molar-refractivity contribution in [3.8, 4) is 0 Å². The Bertz CT molecular complexity index is 564. The van der Waals surface area contributed by atoms with Gasteiger partial charge in [0.15, 0.2) is 6.61 Å². The summed E-state index contributed by atoms with van der Waals surface area (Å²) in [6.45, 7) is 3.27. The number of rotatable bonds is 5. The minimum Gasteiger partial charge on any atom is -0.455 e. The molecule has 2 amide bonds. The van der Waals surface area contributed by atoms with E-state index in [4.69, 9.17) is 9.47 Å². The van der Waals surface area contributed by atoms with E-state index in [2.05, 4.69) is 5.32 Å². The van der Waals surface area contributed by atoms with Gasteiger partial charge in [-0.2, -0.15) is 0 Å². The van der Waals surface area contributed by atoms with Gasteiger partial charge in [-0.15, -0.1) is 0 Å². The Morgan fingerprint density at radius 1 is 1.17 bits per heavy atom. The highest BCUT2D eigenvalue weighted by Gasteiger charge is 2.18. The van der Waals surface area contributed by atoms with Crippen molar-refractivity contribution in [2.75, 3.05) is 38.2 Å². The number of nitrogens with zero attached hydrogens (tertiary/aromatic N) is 1. The number of ether oxygens (including phenoxy) is 2. The molecule has 0 atom stereocenters. The molecule has 0 aliphatic carbocycles. The quantitative estimate of drug-likeness (QED) is 0.803. The number of hydrogen-bond donors (Lipinski definition) is 1. The molecule has 2 rings (SSSR count). The fourth-order valence-corrected chi connectivity index (χ4v) is 2.17. The summed E-state index contributed by atoms with van der Waals surface area (Å²) in [5, 5.41) is 2.65. The number of nitrogens with one attached hydrogen (secondary N) is 1. The number of benzene rings is 1. The lowest BCUT2D eigenvalue weighted by molar-refractivity contribution is -0.153. The highest BCUT2D eigenvalue weighted by atomic mass is 16.5. The van der Waals surface area contributed by atoms with Gasteiger partial charge in [0.1, 0.15) is 0 Å². The standard InChI is InChI=1S/C16H20N2O5/c1-12(19)17-14-4-2-13(3-5-14)10-16(21)23-11-15(20)18-6-8-22-9-7-18/h2-5H,6-11H2,1H3,(H,17,19). The topological polar surface area (TPSA) is 84.9 Å². The molecule has 0 aromatic heterocycles. The molecule has 0 radical (unpaired) electrons. The summed E-state index contributed by atoms with van der Waals surface area (Å²) in [6, 6.07) is 6.89. The van der Waals surface area contributed by atoms with Crippen LogP contribution in [0.2, 0.25) is 0 Å². The minimum absolute atomic E-state index is 0.0801. The van der Waals surface area contributed by atoms with Crippen molar-refractivity contribution >= 4 is 23.5 Å². The van der Waals surface area contributed by atoms with Crippen molar-refractivity contribution in [3.05, 3.63) is 29.8 Å². The maximum absolute atomic E-state index is 11.9. The number of esters is 1. The molecule has 0 spiro atoms. The molecule has 124 valence electrons. The van der Waals surface area contributed by atoms with Crippen LogP contribution in [0, 0.1) is 0 Å². The molecule has 7 heteroatoms. The molecule has 0 bridgehead atoms. The van der Waals surface area contributed by atoms with Crippen LogP contribution in [0.3, 0.4) is 0 Å². The van der Waals surface area contributed by atoms with Gasteiger partial charge in [0.25, 0.3) is 5.91 Å². The van der Waals surface area contributed by atoms with Gasteiger partial charge in [0.05, 0.1) is 19.6 Å². The monoisotopic (exact) mass is 320 g/mol. The van der Waals surface area contributed by atoms with Crippen molar-refractivity contribution in [3.63, 3.8) is 0 Å². The summed E-state index contributed by atoms with van der Waals surface area (Å²) in [5.41, 5.74) is 1.42. The molecule has 1 N–H and O–H groups in total. The Labute approximate surface area is 134 Å². The first kappa shape index (κ1) is 17.0. The second-order valence-corrected chi connectivity index (χ2v) is 5.21. The number of carbonyl (C=O) groups excluding carboxylic acids is 3. The first-order valence-electron chi connectivity index (χ1n) is 7.42. The third kappa shape index (κ3) is 5.71. The first-order chi connectivity index (χ1) is 11.0. The largest absolute Gasteiger partial charge is 0.455 e. The van der Waals surface area contributed by atoms with E-state index in [1.807, 2.05) is 0 Å². The van der Waals surface area contributed by atoms with E-state index in [9.17, 15) is 14.4 Å². The molecule has 1 aromatic carbocycles. The Morgan fingerprint density at radius 3 is 2.43 bits per heavy atom. The fraction of sp³-hybridized carbons (Fsp3) is 0.438. The number of morpholine rings is 1. The Kier molecular flexibility index (Phi) is 6.10. The maximum atomic E-state index is 11.9. The molecule has 1 aromatic rings. The normalized spacial score (nSPS) is 14.2. The summed E-state index contributed by atoms with van der Waals surface area (Å²) in [6.07, 6.45) is 0.0801. The maximum Gasteiger partial charge on any atom is 0.310 e. The van der Waals surface area contributed by atoms with E-state index < -0.39 is 5.97 Å². The highest BCUT2D eigenvalue weighted by molar-refractivity contribution is 5.88. The number of carbonyl (C=O) groups is 3. The summed E-state index contributed by atoms with van der Waals surface area (Å²) in [7, 11) is 0. The van der Waals surface area contributed by atoms with Gasteiger partial charge in [0.2, 0.25) is 5.91 Å². The second kappa shape index (κ2) is 8.28. The van der Waals surface area contributed by atoms with Crippen LogP contribution in [0.5, 0.6) is 0 Å². The predicted octanol–water partition coefficient (Wildman–Crippen LogP) is 0.589.